The topological polar surface area (TPSA) is 32.6 Å². The average molecular weight is 227 g/mol. The molecule has 0 amide bonds. The maximum absolute atomic E-state index is 13.3. The van der Waals surface area contributed by atoms with E-state index in [-0.39, 0.29) is 17.3 Å². The first kappa shape index (κ1) is 11.4. The van der Waals surface area contributed by atoms with Crippen molar-refractivity contribution in [1.82, 2.24) is 0 Å². The summed E-state index contributed by atoms with van der Waals surface area (Å²) in [5, 5.41) is 9.60. The molecule has 0 saturated heterocycles. The van der Waals surface area contributed by atoms with Gasteiger partial charge in [-0.3, -0.25) is 4.99 Å². The second kappa shape index (κ2) is 4.83. The number of nitrogens with zero attached hydrogens (tertiary/aromatic N) is 1. The summed E-state index contributed by atoms with van der Waals surface area (Å²) in [5.41, 5.74) is 1.85. The molecule has 2 aromatic carbocycles. The van der Waals surface area contributed by atoms with Crippen molar-refractivity contribution in [3.63, 3.8) is 0 Å². The van der Waals surface area contributed by atoms with Crippen molar-refractivity contribution in [2.75, 3.05) is 0 Å². The van der Waals surface area contributed by atoms with Crippen LogP contribution in [0.2, 0.25) is 0 Å². The van der Waals surface area contributed by atoms with Gasteiger partial charge in [-0.15, -0.1) is 0 Å². The third kappa shape index (κ3) is 2.72. The molecule has 0 fully saturated rings. The quantitative estimate of drug-likeness (QED) is 0.612. The SMILES string of the molecule is Bc1ccc(O)c(/C=N/c2ccccc2F)c1. The summed E-state index contributed by atoms with van der Waals surface area (Å²) in [6.45, 7) is 0. The molecule has 0 aliphatic rings. The largest absolute Gasteiger partial charge is 0.507 e. The highest BCUT2D eigenvalue weighted by Gasteiger charge is 2.00. The molecule has 2 rings (SSSR count). The molecule has 0 radical (unpaired) electrons. The lowest BCUT2D eigenvalue weighted by Crippen LogP contribution is -2.02. The van der Waals surface area contributed by atoms with Crippen molar-refractivity contribution in [3.05, 3.63) is 53.8 Å². The van der Waals surface area contributed by atoms with Gasteiger partial charge in [0.2, 0.25) is 0 Å². The summed E-state index contributed by atoms with van der Waals surface area (Å²) in [4.78, 5) is 4.02. The second-order valence-electron chi connectivity index (χ2n) is 3.77. The van der Waals surface area contributed by atoms with Crippen LogP contribution in [0.5, 0.6) is 5.75 Å². The van der Waals surface area contributed by atoms with Crippen LogP contribution in [0.1, 0.15) is 5.56 Å². The molecule has 0 spiro atoms. The number of phenolic OH excluding ortho intramolecular Hbond substituents is 1. The molecule has 0 aliphatic carbocycles. The van der Waals surface area contributed by atoms with Crippen LogP contribution in [0.25, 0.3) is 0 Å². The van der Waals surface area contributed by atoms with Gasteiger partial charge in [0.25, 0.3) is 0 Å². The molecular weight excluding hydrogens is 216 g/mol. The van der Waals surface area contributed by atoms with Gasteiger partial charge in [-0.2, -0.15) is 0 Å². The van der Waals surface area contributed by atoms with E-state index in [1.807, 2.05) is 7.85 Å². The van der Waals surface area contributed by atoms with Gasteiger partial charge in [-0.1, -0.05) is 29.7 Å². The average Bonchev–Trinajstić information content (AvgIpc) is 2.32. The summed E-state index contributed by atoms with van der Waals surface area (Å²) in [5.74, 6) is -0.244. The molecule has 0 aromatic heterocycles. The lowest BCUT2D eigenvalue weighted by Gasteiger charge is -2.00. The first-order chi connectivity index (χ1) is 8.16. The van der Waals surface area contributed by atoms with E-state index in [1.165, 1.54) is 12.3 Å². The number of hydrogen-bond acceptors (Lipinski definition) is 2. The molecule has 0 saturated carbocycles. The third-order valence-electron chi connectivity index (χ3n) is 2.38. The van der Waals surface area contributed by atoms with E-state index in [9.17, 15) is 9.50 Å². The minimum Gasteiger partial charge on any atom is -0.507 e. The van der Waals surface area contributed by atoms with Gasteiger partial charge in [0.1, 0.15) is 19.4 Å². The standard InChI is InChI=1S/C13H11BFNO/c14-10-5-6-13(17)9(7-10)8-16-12-4-2-1-3-11(12)15/h1-8,17H,14H2/b16-8+. The highest BCUT2D eigenvalue weighted by atomic mass is 19.1. The van der Waals surface area contributed by atoms with Crippen LogP contribution < -0.4 is 5.46 Å². The van der Waals surface area contributed by atoms with Gasteiger partial charge < -0.3 is 5.11 Å². The fourth-order valence-corrected chi connectivity index (χ4v) is 1.47. The van der Waals surface area contributed by atoms with Gasteiger partial charge in [-0.25, -0.2) is 4.39 Å². The van der Waals surface area contributed by atoms with Crippen LogP contribution in [0.4, 0.5) is 10.1 Å². The van der Waals surface area contributed by atoms with E-state index >= 15 is 0 Å². The van der Waals surface area contributed by atoms with Crippen LogP contribution in [-0.4, -0.2) is 19.2 Å². The Kier molecular flexibility index (Phi) is 3.23. The van der Waals surface area contributed by atoms with E-state index in [4.69, 9.17) is 0 Å². The first-order valence-corrected chi connectivity index (χ1v) is 5.25. The predicted octanol–water partition coefficient (Wildman–Crippen LogP) is 1.54. The van der Waals surface area contributed by atoms with Crippen LogP contribution in [0, 0.1) is 5.82 Å². The van der Waals surface area contributed by atoms with Crippen molar-refractivity contribution in [3.8, 4) is 5.75 Å². The fraction of sp³-hybridized carbons (Fsp3) is 0. The van der Waals surface area contributed by atoms with Crippen LogP contribution in [0.15, 0.2) is 47.5 Å². The number of aromatic hydroxyl groups is 1. The van der Waals surface area contributed by atoms with Crippen molar-refractivity contribution in [1.29, 1.82) is 0 Å². The molecular formula is C13H11BFNO. The summed E-state index contributed by atoms with van der Waals surface area (Å²) < 4.78 is 13.3. The van der Waals surface area contributed by atoms with E-state index in [0.717, 1.165) is 5.46 Å². The van der Waals surface area contributed by atoms with Gasteiger partial charge in [0.15, 0.2) is 0 Å². The van der Waals surface area contributed by atoms with Crippen molar-refractivity contribution >= 4 is 25.2 Å². The number of rotatable bonds is 2. The Bertz CT molecular complexity index is 569. The Morgan fingerprint density at radius 1 is 1.18 bits per heavy atom. The lowest BCUT2D eigenvalue weighted by molar-refractivity contribution is 0.474. The molecule has 0 aliphatic heterocycles. The summed E-state index contributed by atoms with van der Waals surface area (Å²) >= 11 is 0. The van der Waals surface area contributed by atoms with Crippen molar-refractivity contribution in [2.45, 2.75) is 0 Å². The smallest absolute Gasteiger partial charge is 0.148 e. The lowest BCUT2D eigenvalue weighted by atomic mass is 9.94. The Hall–Kier alpha value is -2.10. The Morgan fingerprint density at radius 2 is 1.94 bits per heavy atom. The normalized spacial score (nSPS) is 10.9. The first-order valence-electron chi connectivity index (χ1n) is 5.25. The van der Waals surface area contributed by atoms with Gasteiger partial charge in [0.05, 0.1) is 5.69 Å². The van der Waals surface area contributed by atoms with Crippen molar-refractivity contribution in [2.24, 2.45) is 4.99 Å². The molecule has 2 nitrogen and oxygen atoms in total. The maximum atomic E-state index is 13.3. The number of benzene rings is 2. The molecule has 17 heavy (non-hydrogen) atoms. The number of para-hydroxylation sites is 1. The Balaban J connectivity index is 2.32. The van der Waals surface area contributed by atoms with Gasteiger partial charge >= 0.3 is 0 Å². The molecule has 84 valence electrons. The fourth-order valence-electron chi connectivity index (χ4n) is 1.47. The molecule has 0 atom stereocenters. The van der Waals surface area contributed by atoms with Gasteiger partial charge in [0, 0.05) is 11.8 Å². The summed E-state index contributed by atoms with van der Waals surface area (Å²) in [6, 6.07) is 11.4. The second-order valence-corrected chi connectivity index (χ2v) is 3.77. The Morgan fingerprint density at radius 3 is 2.71 bits per heavy atom. The van der Waals surface area contributed by atoms with E-state index in [0.29, 0.717) is 5.56 Å². The van der Waals surface area contributed by atoms with Crippen molar-refractivity contribution < 1.29 is 9.50 Å². The van der Waals surface area contributed by atoms with E-state index < -0.39 is 0 Å². The van der Waals surface area contributed by atoms with Gasteiger partial charge in [-0.05, 0) is 18.2 Å². The number of hydrogen-bond donors (Lipinski definition) is 1. The molecule has 4 heteroatoms. The molecule has 2 aromatic rings. The van der Waals surface area contributed by atoms with E-state index in [2.05, 4.69) is 4.99 Å². The minimum atomic E-state index is -0.379. The zero-order valence-corrected chi connectivity index (χ0v) is 9.39. The molecule has 1 N–H and O–H groups in total. The van der Waals surface area contributed by atoms with Crippen LogP contribution >= 0.6 is 0 Å². The Labute approximate surface area is 99.9 Å². The minimum absolute atomic E-state index is 0.135. The number of phenols is 1. The number of halogens is 1. The molecule has 0 heterocycles. The zero-order valence-electron chi connectivity index (χ0n) is 9.39. The summed E-state index contributed by atoms with van der Waals surface area (Å²) in [7, 11) is 1.92. The van der Waals surface area contributed by atoms with E-state index in [1.54, 1.807) is 36.4 Å². The predicted molar refractivity (Wildman–Crippen MR) is 69.9 cm³/mol. The molecule has 0 bridgehead atoms. The zero-order chi connectivity index (χ0) is 12.3. The van der Waals surface area contributed by atoms with Crippen LogP contribution in [0.3, 0.4) is 0 Å². The highest BCUT2D eigenvalue weighted by molar-refractivity contribution is 6.32. The number of aliphatic imine (C=N–C) groups is 1. The highest BCUT2D eigenvalue weighted by Crippen LogP contribution is 2.18. The third-order valence-corrected chi connectivity index (χ3v) is 2.38. The summed E-state index contributed by atoms with van der Waals surface area (Å²) in [6.07, 6.45) is 1.46. The van der Waals surface area contributed by atoms with Crippen LogP contribution in [-0.2, 0) is 0 Å². The monoisotopic (exact) mass is 227 g/mol. The maximum Gasteiger partial charge on any atom is 0.148 e. The molecule has 0 unspecified atom stereocenters.